The summed E-state index contributed by atoms with van der Waals surface area (Å²) in [6, 6.07) is 0. The number of phosphoric acid groups is 1. The van der Waals surface area contributed by atoms with Crippen molar-refractivity contribution in [2.24, 2.45) is 11.8 Å². The van der Waals surface area contributed by atoms with Crippen molar-refractivity contribution in [1.82, 2.24) is 0 Å². The van der Waals surface area contributed by atoms with Crippen molar-refractivity contribution < 1.29 is 18.5 Å². The first-order chi connectivity index (χ1) is 9.99. The van der Waals surface area contributed by atoms with Crippen LogP contribution in [0, 0.1) is 11.8 Å². The van der Waals surface area contributed by atoms with Crippen LogP contribution in [-0.4, -0.2) is 13.2 Å². The zero-order valence-corrected chi connectivity index (χ0v) is 15.2. The third-order valence-corrected chi connectivity index (χ3v) is 4.95. The van der Waals surface area contributed by atoms with E-state index in [9.17, 15) is 9.46 Å². The molecular weight excluding hydrogens is 287 g/mol. The molecule has 0 heterocycles. The Morgan fingerprint density at radius 3 is 1.52 bits per heavy atom. The average Bonchev–Trinajstić information content (AvgIpc) is 2.47. The zero-order valence-electron chi connectivity index (χ0n) is 14.3. The van der Waals surface area contributed by atoms with Gasteiger partial charge in [0.25, 0.3) is 7.82 Å². The Morgan fingerprint density at radius 1 is 0.857 bits per heavy atom. The quantitative estimate of drug-likeness (QED) is 0.426. The van der Waals surface area contributed by atoms with Crippen LogP contribution in [-0.2, 0) is 13.6 Å². The lowest BCUT2D eigenvalue weighted by atomic mass is 10.0. The summed E-state index contributed by atoms with van der Waals surface area (Å²) in [5, 5.41) is 0. The highest BCUT2D eigenvalue weighted by atomic mass is 31.2. The summed E-state index contributed by atoms with van der Waals surface area (Å²) in [7, 11) is -4.14. The van der Waals surface area contributed by atoms with Gasteiger partial charge in [-0.3, -0.25) is 4.57 Å². The van der Waals surface area contributed by atoms with Crippen LogP contribution in [0.3, 0.4) is 0 Å². The molecule has 0 aromatic carbocycles. The highest BCUT2D eigenvalue weighted by Crippen LogP contribution is 2.40. The van der Waals surface area contributed by atoms with E-state index < -0.39 is 7.82 Å². The molecule has 5 heteroatoms. The molecule has 0 rings (SSSR count). The van der Waals surface area contributed by atoms with Gasteiger partial charge < -0.3 is 13.9 Å². The Bertz CT molecular complexity index is 259. The van der Waals surface area contributed by atoms with E-state index in [2.05, 4.69) is 27.7 Å². The van der Waals surface area contributed by atoms with Crippen LogP contribution in [0.25, 0.3) is 0 Å². The molecule has 4 nitrogen and oxygen atoms in total. The lowest BCUT2D eigenvalue weighted by molar-refractivity contribution is -0.227. The first-order valence-electron chi connectivity index (χ1n) is 8.59. The van der Waals surface area contributed by atoms with Gasteiger partial charge >= 0.3 is 0 Å². The fourth-order valence-corrected chi connectivity index (χ4v) is 3.09. The van der Waals surface area contributed by atoms with Crippen molar-refractivity contribution in [3.8, 4) is 0 Å². The third kappa shape index (κ3) is 11.3. The van der Waals surface area contributed by atoms with Crippen LogP contribution in [0.5, 0.6) is 0 Å². The summed E-state index contributed by atoms with van der Waals surface area (Å²) in [5.74, 6) is 0.607. The maximum atomic E-state index is 11.8. The molecule has 0 aliphatic heterocycles. The van der Waals surface area contributed by atoms with E-state index in [-0.39, 0.29) is 13.2 Å². The van der Waals surface area contributed by atoms with Crippen molar-refractivity contribution in [1.29, 1.82) is 0 Å². The number of phosphoric ester groups is 1. The smallest absolute Gasteiger partial charge is 0.267 e. The van der Waals surface area contributed by atoms with E-state index in [0.29, 0.717) is 11.8 Å². The second kappa shape index (κ2) is 12.6. The van der Waals surface area contributed by atoms with Crippen LogP contribution >= 0.6 is 7.82 Å². The molecule has 21 heavy (non-hydrogen) atoms. The third-order valence-electron chi connectivity index (χ3n) is 4.02. The summed E-state index contributed by atoms with van der Waals surface area (Å²) in [6.07, 6.45) is 8.38. The summed E-state index contributed by atoms with van der Waals surface area (Å²) >= 11 is 0. The highest BCUT2D eigenvalue weighted by Gasteiger charge is 2.16. The Labute approximate surface area is 131 Å². The van der Waals surface area contributed by atoms with Gasteiger partial charge in [0.05, 0.1) is 13.2 Å². The molecule has 0 radical (unpaired) electrons. The fraction of sp³-hybridized carbons (Fsp3) is 1.00. The number of hydrogen-bond donors (Lipinski definition) is 0. The van der Waals surface area contributed by atoms with Crippen molar-refractivity contribution in [2.45, 2.75) is 79.1 Å². The summed E-state index contributed by atoms with van der Waals surface area (Å²) in [6.45, 7) is 8.91. The molecule has 0 saturated carbocycles. The summed E-state index contributed by atoms with van der Waals surface area (Å²) in [5.41, 5.74) is 0. The van der Waals surface area contributed by atoms with Gasteiger partial charge in [0.2, 0.25) is 0 Å². The molecule has 0 spiro atoms. The first-order valence-corrected chi connectivity index (χ1v) is 10.0. The Morgan fingerprint density at radius 2 is 1.24 bits per heavy atom. The van der Waals surface area contributed by atoms with E-state index in [0.717, 1.165) is 51.4 Å². The van der Waals surface area contributed by atoms with Crippen molar-refractivity contribution >= 4 is 7.82 Å². The minimum Gasteiger partial charge on any atom is -0.756 e. The van der Waals surface area contributed by atoms with Crippen LogP contribution in [0.2, 0.25) is 0 Å². The van der Waals surface area contributed by atoms with E-state index in [1.54, 1.807) is 0 Å². The molecule has 128 valence electrons. The molecule has 0 aromatic rings. The van der Waals surface area contributed by atoms with E-state index in [4.69, 9.17) is 9.05 Å². The summed E-state index contributed by atoms with van der Waals surface area (Å²) in [4.78, 5) is 11.8. The normalized spacial score (nSPS) is 17.4. The molecule has 0 fully saturated rings. The molecule has 0 bridgehead atoms. The Hall–Kier alpha value is 0.110. The Balaban J connectivity index is 4.08. The topological polar surface area (TPSA) is 58.6 Å². The van der Waals surface area contributed by atoms with Gasteiger partial charge in [-0.15, -0.1) is 0 Å². The van der Waals surface area contributed by atoms with Gasteiger partial charge in [-0.05, 0) is 24.7 Å². The highest BCUT2D eigenvalue weighted by molar-refractivity contribution is 7.45. The lowest BCUT2D eigenvalue weighted by Gasteiger charge is -2.27. The molecule has 0 N–H and O–H groups in total. The number of unbranched alkanes of at least 4 members (excludes halogenated alkanes) is 2. The monoisotopic (exact) mass is 321 g/mol. The standard InChI is InChI=1S/C16H35O4P/c1-5-9-11-15(7-3)13-19-21(17,18)20-14-16(8-4)12-10-6-2/h15-16H,5-14H2,1-4H3,(H,17,18)/p-1/t15-,16+. The molecule has 0 amide bonds. The minimum atomic E-state index is -4.14. The predicted octanol–water partition coefficient (Wildman–Crippen LogP) is 4.92. The fourth-order valence-electron chi connectivity index (χ4n) is 2.23. The second-order valence-electron chi connectivity index (χ2n) is 5.87. The van der Waals surface area contributed by atoms with Gasteiger partial charge in [0.1, 0.15) is 0 Å². The Kier molecular flexibility index (Phi) is 12.7. The van der Waals surface area contributed by atoms with Crippen molar-refractivity contribution in [3.63, 3.8) is 0 Å². The van der Waals surface area contributed by atoms with Crippen molar-refractivity contribution in [2.75, 3.05) is 13.2 Å². The van der Waals surface area contributed by atoms with E-state index in [1.165, 1.54) is 0 Å². The van der Waals surface area contributed by atoms with Gasteiger partial charge in [0.15, 0.2) is 0 Å². The molecule has 3 atom stereocenters. The molecule has 0 aliphatic rings. The molecule has 0 saturated heterocycles. The van der Waals surface area contributed by atoms with Gasteiger partial charge in [0, 0.05) is 0 Å². The van der Waals surface area contributed by atoms with Crippen LogP contribution in [0.4, 0.5) is 0 Å². The predicted molar refractivity (Wildman–Crippen MR) is 86.1 cm³/mol. The molecule has 1 unspecified atom stereocenters. The summed E-state index contributed by atoms with van der Waals surface area (Å²) < 4.78 is 21.9. The maximum absolute atomic E-state index is 11.8. The lowest BCUT2D eigenvalue weighted by Crippen LogP contribution is -2.17. The average molecular weight is 321 g/mol. The second-order valence-corrected chi connectivity index (χ2v) is 7.28. The van der Waals surface area contributed by atoms with E-state index in [1.807, 2.05) is 0 Å². The molecule has 0 aliphatic carbocycles. The van der Waals surface area contributed by atoms with Gasteiger partial charge in [-0.2, -0.15) is 0 Å². The van der Waals surface area contributed by atoms with E-state index >= 15 is 0 Å². The molecule has 0 aromatic heterocycles. The van der Waals surface area contributed by atoms with Crippen LogP contribution in [0.15, 0.2) is 0 Å². The SMILES string of the molecule is CCCC[C@@H](CC)COP(=O)([O-])OC[C@@H](CC)CCCC. The number of hydrogen-bond acceptors (Lipinski definition) is 4. The molecular formula is C16H34O4P-. The first kappa shape index (κ1) is 21.1. The largest absolute Gasteiger partial charge is 0.756 e. The van der Waals surface area contributed by atoms with Crippen molar-refractivity contribution in [3.05, 3.63) is 0 Å². The minimum absolute atomic E-state index is 0.253. The van der Waals surface area contributed by atoms with Gasteiger partial charge in [-0.25, -0.2) is 0 Å². The van der Waals surface area contributed by atoms with Crippen LogP contribution in [0.1, 0.15) is 79.1 Å². The maximum Gasteiger partial charge on any atom is 0.267 e. The van der Waals surface area contributed by atoms with Gasteiger partial charge in [-0.1, -0.05) is 66.2 Å². The zero-order chi connectivity index (χ0) is 16.1. The van der Waals surface area contributed by atoms with Crippen LogP contribution < -0.4 is 4.89 Å². The number of rotatable bonds is 14.